The molecule has 84 valence electrons. The predicted octanol–water partition coefficient (Wildman–Crippen LogP) is 3.67. The van der Waals surface area contributed by atoms with Gasteiger partial charge in [-0.05, 0) is 29.9 Å². The van der Waals surface area contributed by atoms with Crippen LogP contribution < -0.4 is 0 Å². The van der Waals surface area contributed by atoms with Crippen LogP contribution in [0.25, 0.3) is 0 Å². The Labute approximate surface area is 93.1 Å². The third kappa shape index (κ3) is 2.40. The minimum atomic E-state index is -0.735. The first-order valence-electron chi connectivity index (χ1n) is 5.69. The molecule has 0 radical (unpaired) electrons. The minimum Gasteiger partial charge on any atom is -0.385 e. The van der Waals surface area contributed by atoms with Crippen LogP contribution in [0.2, 0.25) is 0 Å². The normalized spacial score (nSPS) is 15.7. The van der Waals surface area contributed by atoms with Crippen LogP contribution in [0.4, 0.5) is 0 Å². The highest BCUT2D eigenvalue weighted by Gasteiger charge is 2.29. The average Bonchev–Trinajstić information content (AvgIpc) is 2.17. The molecule has 1 heteroatoms. The Morgan fingerprint density at radius 2 is 1.60 bits per heavy atom. The molecule has 1 nitrogen and oxygen atoms in total. The summed E-state index contributed by atoms with van der Waals surface area (Å²) in [4.78, 5) is 0. The fourth-order valence-electron chi connectivity index (χ4n) is 1.77. The van der Waals surface area contributed by atoms with Gasteiger partial charge in [-0.15, -0.1) is 0 Å². The molecular formula is C14H22O. The SMILES string of the molecule is CC(C)c1ccccc1[C@](C)(O)C(C)C. The molecule has 0 aliphatic heterocycles. The van der Waals surface area contributed by atoms with Gasteiger partial charge >= 0.3 is 0 Å². The molecule has 0 fully saturated rings. The maximum absolute atomic E-state index is 10.5. The Balaban J connectivity index is 3.24. The second kappa shape index (κ2) is 4.36. The summed E-state index contributed by atoms with van der Waals surface area (Å²) < 4.78 is 0. The number of aliphatic hydroxyl groups is 1. The van der Waals surface area contributed by atoms with E-state index in [9.17, 15) is 5.11 Å². The molecule has 1 N–H and O–H groups in total. The summed E-state index contributed by atoms with van der Waals surface area (Å²) in [7, 11) is 0. The van der Waals surface area contributed by atoms with Crippen molar-refractivity contribution in [2.45, 2.75) is 46.1 Å². The van der Waals surface area contributed by atoms with E-state index in [1.807, 2.05) is 25.1 Å². The zero-order valence-corrected chi connectivity index (χ0v) is 10.4. The average molecular weight is 206 g/mol. The van der Waals surface area contributed by atoms with Crippen LogP contribution in [0.3, 0.4) is 0 Å². The van der Waals surface area contributed by atoms with E-state index in [2.05, 4.69) is 33.8 Å². The van der Waals surface area contributed by atoms with Gasteiger partial charge in [0.2, 0.25) is 0 Å². The first-order valence-corrected chi connectivity index (χ1v) is 5.69. The number of hydrogen-bond donors (Lipinski definition) is 1. The van der Waals surface area contributed by atoms with E-state index in [0.717, 1.165) is 5.56 Å². The van der Waals surface area contributed by atoms with Crippen LogP contribution >= 0.6 is 0 Å². The van der Waals surface area contributed by atoms with Gasteiger partial charge < -0.3 is 5.11 Å². The molecule has 0 spiro atoms. The van der Waals surface area contributed by atoms with Crippen molar-refractivity contribution in [1.82, 2.24) is 0 Å². The lowest BCUT2D eigenvalue weighted by atomic mass is 9.80. The van der Waals surface area contributed by atoms with Gasteiger partial charge in [0.15, 0.2) is 0 Å². The molecule has 0 aliphatic rings. The maximum Gasteiger partial charge on any atom is 0.0894 e. The van der Waals surface area contributed by atoms with Gasteiger partial charge in [0.05, 0.1) is 5.60 Å². The van der Waals surface area contributed by atoms with E-state index in [0.29, 0.717) is 5.92 Å². The molecular weight excluding hydrogens is 184 g/mol. The number of rotatable bonds is 3. The van der Waals surface area contributed by atoms with Crippen molar-refractivity contribution in [2.24, 2.45) is 5.92 Å². The monoisotopic (exact) mass is 206 g/mol. The molecule has 0 aromatic heterocycles. The summed E-state index contributed by atoms with van der Waals surface area (Å²) in [5.41, 5.74) is 1.58. The molecule has 1 aromatic rings. The Bertz CT molecular complexity index is 324. The van der Waals surface area contributed by atoms with Crippen molar-refractivity contribution in [1.29, 1.82) is 0 Å². The highest BCUT2D eigenvalue weighted by Crippen LogP contribution is 2.34. The number of benzene rings is 1. The fourth-order valence-corrected chi connectivity index (χ4v) is 1.77. The predicted molar refractivity (Wildman–Crippen MR) is 64.9 cm³/mol. The van der Waals surface area contributed by atoms with Crippen molar-refractivity contribution in [3.63, 3.8) is 0 Å². The van der Waals surface area contributed by atoms with Crippen LogP contribution in [0.5, 0.6) is 0 Å². The second-order valence-electron chi connectivity index (χ2n) is 5.04. The molecule has 1 aromatic carbocycles. The van der Waals surface area contributed by atoms with Gasteiger partial charge in [-0.1, -0.05) is 52.0 Å². The zero-order valence-electron chi connectivity index (χ0n) is 10.4. The lowest BCUT2D eigenvalue weighted by molar-refractivity contribution is 0.00802. The Morgan fingerprint density at radius 3 is 2.07 bits per heavy atom. The van der Waals surface area contributed by atoms with Crippen molar-refractivity contribution in [3.05, 3.63) is 35.4 Å². The van der Waals surface area contributed by atoms with Gasteiger partial charge in [-0.25, -0.2) is 0 Å². The van der Waals surface area contributed by atoms with Crippen molar-refractivity contribution >= 4 is 0 Å². The zero-order chi connectivity index (χ0) is 11.6. The van der Waals surface area contributed by atoms with E-state index >= 15 is 0 Å². The molecule has 1 rings (SSSR count). The highest BCUT2D eigenvalue weighted by molar-refractivity contribution is 5.34. The summed E-state index contributed by atoms with van der Waals surface area (Å²) in [6.45, 7) is 10.3. The standard InChI is InChI=1S/C14H22O/c1-10(2)12-8-6-7-9-13(12)14(5,15)11(3)4/h6-11,15H,1-5H3/t14-/m1/s1. The lowest BCUT2D eigenvalue weighted by Gasteiger charge is -2.31. The second-order valence-corrected chi connectivity index (χ2v) is 5.04. The van der Waals surface area contributed by atoms with Gasteiger partial charge in [0.25, 0.3) is 0 Å². The van der Waals surface area contributed by atoms with Crippen LogP contribution in [0, 0.1) is 5.92 Å². The first kappa shape index (κ1) is 12.3. The van der Waals surface area contributed by atoms with Gasteiger partial charge in [0, 0.05) is 0 Å². The van der Waals surface area contributed by atoms with E-state index in [1.54, 1.807) is 0 Å². The van der Waals surface area contributed by atoms with Gasteiger partial charge in [0.1, 0.15) is 0 Å². The van der Waals surface area contributed by atoms with Crippen LogP contribution in [-0.4, -0.2) is 5.11 Å². The van der Waals surface area contributed by atoms with Gasteiger partial charge in [-0.3, -0.25) is 0 Å². The highest BCUT2D eigenvalue weighted by atomic mass is 16.3. The molecule has 0 amide bonds. The quantitative estimate of drug-likeness (QED) is 0.800. The van der Waals surface area contributed by atoms with Gasteiger partial charge in [-0.2, -0.15) is 0 Å². The van der Waals surface area contributed by atoms with Crippen molar-refractivity contribution in [3.8, 4) is 0 Å². The fraction of sp³-hybridized carbons (Fsp3) is 0.571. The molecule has 0 saturated heterocycles. The van der Waals surface area contributed by atoms with E-state index in [4.69, 9.17) is 0 Å². The molecule has 0 bridgehead atoms. The summed E-state index contributed by atoms with van der Waals surface area (Å²) in [5, 5.41) is 10.5. The third-order valence-electron chi connectivity index (χ3n) is 3.25. The summed E-state index contributed by atoms with van der Waals surface area (Å²) in [5.74, 6) is 0.670. The van der Waals surface area contributed by atoms with Crippen LogP contribution in [-0.2, 0) is 5.60 Å². The van der Waals surface area contributed by atoms with E-state index in [1.165, 1.54) is 5.56 Å². The Kier molecular flexibility index (Phi) is 3.56. The number of hydrogen-bond acceptors (Lipinski definition) is 1. The van der Waals surface area contributed by atoms with Crippen LogP contribution in [0.15, 0.2) is 24.3 Å². The minimum absolute atomic E-state index is 0.220. The third-order valence-corrected chi connectivity index (χ3v) is 3.25. The molecule has 0 saturated carbocycles. The molecule has 0 aliphatic carbocycles. The van der Waals surface area contributed by atoms with E-state index in [-0.39, 0.29) is 5.92 Å². The van der Waals surface area contributed by atoms with Crippen LogP contribution in [0.1, 0.15) is 51.7 Å². The molecule has 0 unspecified atom stereocenters. The largest absolute Gasteiger partial charge is 0.385 e. The summed E-state index contributed by atoms with van der Waals surface area (Å²) >= 11 is 0. The smallest absolute Gasteiger partial charge is 0.0894 e. The van der Waals surface area contributed by atoms with E-state index < -0.39 is 5.60 Å². The Morgan fingerprint density at radius 1 is 1.07 bits per heavy atom. The maximum atomic E-state index is 10.5. The topological polar surface area (TPSA) is 20.2 Å². The first-order chi connectivity index (χ1) is 6.87. The Hall–Kier alpha value is -0.820. The molecule has 1 atom stereocenters. The summed E-state index contributed by atoms with van der Waals surface area (Å²) in [6, 6.07) is 8.18. The lowest BCUT2D eigenvalue weighted by Crippen LogP contribution is -2.29. The molecule has 15 heavy (non-hydrogen) atoms. The molecule has 0 heterocycles. The van der Waals surface area contributed by atoms with Crippen molar-refractivity contribution in [2.75, 3.05) is 0 Å². The van der Waals surface area contributed by atoms with Crippen molar-refractivity contribution < 1.29 is 5.11 Å². The summed E-state index contributed by atoms with van der Waals surface area (Å²) in [6.07, 6.45) is 0.